The van der Waals surface area contributed by atoms with E-state index in [1.165, 1.54) is 0 Å². The van der Waals surface area contributed by atoms with Crippen LogP contribution in [0.1, 0.15) is 5.56 Å². The van der Waals surface area contributed by atoms with Crippen molar-refractivity contribution < 1.29 is 4.79 Å². The van der Waals surface area contributed by atoms with Gasteiger partial charge in [-0.15, -0.1) is 0 Å². The maximum absolute atomic E-state index is 11.5. The summed E-state index contributed by atoms with van der Waals surface area (Å²) in [5.74, 6) is 5.65. The van der Waals surface area contributed by atoms with Crippen molar-refractivity contribution in [3.8, 4) is 11.8 Å². The van der Waals surface area contributed by atoms with Gasteiger partial charge < -0.3 is 16.0 Å². The minimum absolute atomic E-state index is 0.0427. The molecule has 0 aliphatic heterocycles. The molecule has 0 aliphatic rings. The van der Waals surface area contributed by atoms with Crippen molar-refractivity contribution >= 4 is 11.6 Å². The zero-order valence-electron chi connectivity index (χ0n) is 10.2. The summed E-state index contributed by atoms with van der Waals surface area (Å²) in [5.41, 5.74) is 6.90. The summed E-state index contributed by atoms with van der Waals surface area (Å²) in [6, 6.07) is 7.40. The Balaban J connectivity index is 2.68. The van der Waals surface area contributed by atoms with E-state index in [2.05, 4.69) is 17.2 Å². The lowest BCUT2D eigenvalue weighted by atomic mass is 10.2. The van der Waals surface area contributed by atoms with Gasteiger partial charge in [0.05, 0.1) is 13.1 Å². The number of carbonyl (C=O) groups is 1. The average Bonchev–Trinajstić information content (AvgIpc) is 2.25. The molecule has 0 heterocycles. The third kappa shape index (κ3) is 5.16. The number of anilines is 1. The summed E-state index contributed by atoms with van der Waals surface area (Å²) < 4.78 is 0. The second-order valence-corrected chi connectivity index (χ2v) is 3.87. The molecule has 0 aliphatic carbocycles. The van der Waals surface area contributed by atoms with Gasteiger partial charge in [-0.25, -0.2) is 0 Å². The third-order valence-electron chi connectivity index (χ3n) is 1.94. The highest BCUT2D eigenvalue weighted by atomic mass is 16.2. The number of hydrogen-bond acceptors (Lipinski definition) is 3. The lowest BCUT2D eigenvalue weighted by Crippen LogP contribution is -2.27. The van der Waals surface area contributed by atoms with E-state index < -0.39 is 0 Å². The number of likely N-dealkylation sites (N-methyl/N-ethyl adjacent to an activating group) is 1. The van der Waals surface area contributed by atoms with Crippen LogP contribution in [0.2, 0.25) is 0 Å². The van der Waals surface area contributed by atoms with Gasteiger partial charge in [-0.3, -0.25) is 4.79 Å². The Morgan fingerprint density at radius 3 is 2.88 bits per heavy atom. The molecule has 0 spiro atoms. The quantitative estimate of drug-likeness (QED) is 0.745. The van der Waals surface area contributed by atoms with Crippen molar-refractivity contribution in [2.24, 2.45) is 5.73 Å². The van der Waals surface area contributed by atoms with Crippen LogP contribution in [0.25, 0.3) is 0 Å². The van der Waals surface area contributed by atoms with Crippen LogP contribution in [-0.2, 0) is 4.79 Å². The number of benzene rings is 1. The normalized spacial score (nSPS) is 9.65. The molecule has 0 saturated heterocycles. The van der Waals surface area contributed by atoms with Gasteiger partial charge in [0.1, 0.15) is 0 Å². The molecule has 17 heavy (non-hydrogen) atoms. The smallest absolute Gasteiger partial charge is 0.238 e. The van der Waals surface area contributed by atoms with Crippen LogP contribution in [0, 0.1) is 11.8 Å². The largest absolute Gasteiger partial charge is 0.325 e. The fraction of sp³-hybridized carbons (Fsp3) is 0.308. The summed E-state index contributed by atoms with van der Waals surface area (Å²) in [6.45, 7) is 0.690. The number of hydrogen-bond donors (Lipinski definition) is 2. The lowest BCUT2D eigenvalue weighted by molar-refractivity contribution is -0.116. The minimum atomic E-state index is -0.0427. The number of amides is 1. The highest BCUT2D eigenvalue weighted by Gasteiger charge is 2.03. The molecule has 0 unspecified atom stereocenters. The second-order valence-electron chi connectivity index (χ2n) is 3.87. The van der Waals surface area contributed by atoms with E-state index in [1.54, 1.807) is 0 Å². The predicted octanol–water partition coefficient (Wildman–Crippen LogP) is 0.497. The number of nitrogens with one attached hydrogen (secondary N) is 1. The molecular formula is C13H17N3O. The van der Waals surface area contributed by atoms with E-state index in [1.807, 2.05) is 43.3 Å². The highest BCUT2D eigenvalue weighted by molar-refractivity contribution is 5.92. The van der Waals surface area contributed by atoms with Crippen molar-refractivity contribution in [2.75, 3.05) is 32.5 Å². The first kappa shape index (κ1) is 13.2. The number of rotatable bonds is 3. The van der Waals surface area contributed by atoms with Crippen LogP contribution in [0.4, 0.5) is 5.69 Å². The molecule has 0 aromatic heterocycles. The number of nitrogens with zero attached hydrogens (tertiary/aromatic N) is 1. The molecule has 0 saturated carbocycles. The van der Waals surface area contributed by atoms with E-state index >= 15 is 0 Å². The Morgan fingerprint density at radius 1 is 1.47 bits per heavy atom. The lowest BCUT2D eigenvalue weighted by Gasteiger charge is -2.10. The maximum atomic E-state index is 11.5. The zero-order chi connectivity index (χ0) is 12.7. The van der Waals surface area contributed by atoms with Crippen LogP contribution in [-0.4, -0.2) is 38.0 Å². The Labute approximate surface area is 102 Å². The Hall–Kier alpha value is -1.83. The fourth-order valence-electron chi connectivity index (χ4n) is 1.32. The average molecular weight is 231 g/mol. The summed E-state index contributed by atoms with van der Waals surface area (Å²) in [5, 5.41) is 2.81. The van der Waals surface area contributed by atoms with Crippen molar-refractivity contribution in [3.63, 3.8) is 0 Å². The van der Waals surface area contributed by atoms with Gasteiger partial charge >= 0.3 is 0 Å². The van der Waals surface area contributed by atoms with Crippen molar-refractivity contribution in [2.45, 2.75) is 0 Å². The first-order chi connectivity index (χ1) is 8.11. The van der Waals surface area contributed by atoms with Gasteiger partial charge in [-0.2, -0.15) is 0 Å². The van der Waals surface area contributed by atoms with Crippen LogP contribution in [0.15, 0.2) is 24.3 Å². The molecule has 4 heteroatoms. The van der Waals surface area contributed by atoms with Crippen LogP contribution in [0.5, 0.6) is 0 Å². The van der Waals surface area contributed by atoms with E-state index in [0.717, 1.165) is 11.3 Å². The van der Waals surface area contributed by atoms with Gasteiger partial charge in [0.15, 0.2) is 0 Å². The maximum Gasteiger partial charge on any atom is 0.238 e. The van der Waals surface area contributed by atoms with E-state index in [0.29, 0.717) is 13.1 Å². The number of nitrogens with two attached hydrogens (primary N) is 1. The fourth-order valence-corrected chi connectivity index (χ4v) is 1.32. The SMILES string of the molecule is CN(C)CC(=O)Nc1cccc(C#CCN)c1. The molecular weight excluding hydrogens is 214 g/mol. The van der Waals surface area contributed by atoms with E-state index in [9.17, 15) is 4.79 Å². The van der Waals surface area contributed by atoms with Crippen LogP contribution in [0.3, 0.4) is 0 Å². The minimum Gasteiger partial charge on any atom is -0.325 e. The summed E-state index contributed by atoms with van der Waals surface area (Å²) >= 11 is 0. The highest BCUT2D eigenvalue weighted by Crippen LogP contribution is 2.09. The molecule has 1 aromatic carbocycles. The molecule has 0 fully saturated rings. The molecule has 1 rings (SSSR count). The van der Waals surface area contributed by atoms with Crippen molar-refractivity contribution in [1.29, 1.82) is 0 Å². The Morgan fingerprint density at radius 2 is 2.24 bits per heavy atom. The molecule has 90 valence electrons. The van der Waals surface area contributed by atoms with Gasteiger partial charge in [0, 0.05) is 11.3 Å². The zero-order valence-corrected chi connectivity index (χ0v) is 10.2. The molecule has 0 atom stereocenters. The topological polar surface area (TPSA) is 58.4 Å². The van der Waals surface area contributed by atoms with E-state index in [4.69, 9.17) is 5.73 Å². The Bertz CT molecular complexity index is 443. The van der Waals surface area contributed by atoms with Crippen molar-refractivity contribution in [3.05, 3.63) is 29.8 Å². The Kier molecular flexibility index (Phi) is 5.21. The first-order valence-corrected chi connectivity index (χ1v) is 5.35. The van der Waals surface area contributed by atoms with Gasteiger partial charge in [-0.05, 0) is 32.3 Å². The molecule has 3 N–H and O–H groups in total. The summed E-state index contributed by atoms with van der Waals surface area (Å²) in [4.78, 5) is 13.4. The van der Waals surface area contributed by atoms with Gasteiger partial charge in [0.2, 0.25) is 5.91 Å². The van der Waals surface area contributed by atoms with Gasteiger partial charge in [-0.1, -0.05) is 17.9 Å². The number of carbonyl (C=O) groups excluding carboxylic acids is 1. The third-order valence-corrected chi connectivity index (χ3v) is 1.94. The summed E-state index contributed by atoms with van der Waals surface area (Å²) in [6.07, 6.45) is 0. The van der Waals surface area contributed by atoms with Gasteiger partial charge in [0.25, 0.3) is 0 Å². The standard InChI is InChI=1S/C13H17N3O/c1-16(2)10-13(17)15-12-7-3-5-11(9-12)6-4-8-14/h3,5,7,9H,8,10,14H2,1-2H3,(H,15,17). The molecule has 0 bridgehead atoms. The second kappa shape index (κ2) is 6.69. The predicted molar refractivity (Wildman–Crippen MR) is 69.6 cm³/mol. The summed E-state index contributed by atoms with van der Waals surface area (Å²) in [7, 11) is 3.70. The molecule has 1 aromatic rings. The van der Waals surface area contributed by atoms with Crippen molar-refractivity contribution in [1.82, 2.24) is 4.90 Å². The molecule has 0 radical (unpaired) electrons. The monoisotopic (exact) mass is 231 g/mol. The van der Waals surface area contributed by atoms with E-state index in [-0.39, 0.29) is 5.91 Å². The van der Waals surface area contributed by atoms with Crippen LogP contribution >= 0.6 is 0 Å². The van der Waals surface area contributed by atoms with Crippen LogP contribution < -0.4 is 11.1 Å². The molecule has 1 amide bonds. The first-order valence-electron chi connectivity index (χ1n) is 5.35. The molecule has 4 nitrogen and oxygen atoms in total.